The summed E-state index contributed by atoms with van der Waals surface area (Å²) in [6.07, 6.45) is 1.81. The maximum absolute atomic E-state index is 9.97. The van der Waals surface area contributed by atoms with E-state index in [1.54, 1.807) is 6.07 Å². The summed E-state index contributed by atoms with van der Waals surface area (Å²) in [5.74, 6) is 0.576. The van der Waals surface area contributed by atoms with Crippen LogP contribution < -0.4 is 14.9 Å². The van der Waals surface area contributed by atoms with Gasteiger partial charge in [-0.1, -0.05) is 0 Å². The number of carbonyl (C=O) groups excluding carboxylic acids is 1. The highest BCUT2D eigenvalue weighted by Gasteiger charge is 2.10. The van der Waals surface area contributed by atoms with E-state index >= 15 is 0 Å². The van der Waals surface area contributed by atoms with Gasteiger partial charge in [0.25, 0.3) is 0 Å². The highest BCUT2D eigenvalue weighted by Crippen LogP contribution is 2.36. The zero-order valence-electron chi connectivity index (χ0n) is 8.93. The third kappa shape index (κ3) is 2.63. The molecule has 0 aliphatic heterocycles. The van der Waals surface area contributed by atoms with Crippen LogP contribution in [-0.4, -0.2) is 32.0 Å². The number of benzene rings is 1. The predicted molar refractivity (Wildman–Crippen MR) is 58.0 cm³/mol. The molecule has 0 fully saturated rings. The normalized spacial score (nSPS) is 10.1. The lowest BCUT2D eigenvalue weighted by molar-refractivity contribution is -0.109. The number of rotatable bonds is 5. The Kier molecular flexibility index (Phi) is 4.14. The van der Waals surface area contributed by atoms with Crippen LogP contribution >= 0.6 is 0 Å². The minimum absolute atomic E-state index is 0.0607. The highest BCUT2D eigenvalue weighted by molar-refractivity contribution is 5.82. The molecule has 0 bridgehead atoms. The van der Waals surface area contributed by atoms with E-state index in [1.807, 2.05) is 0 Å². The summed E-state index contributed by atoms with van der Waals surface area (Å²) in [7, 11) is 2.89. The first-order valence-electron chi connectivity index (χ1n) is 4.40. The molecule has 86 valence electrons. The summed E-state index contributed by atoms with van der Waals surface area (Å²) in [6, 6.07) is 3.06. The smallest absolute Gasteiger partial charge is 0.227 e. The van der Waals surface area contributed by atoms with Crippen LogP contribution in [0, 0.1) is 0 Å². The van der Waals surface area contributed by atoms with Crippen LogP contribution in [0.4, 0.5) is 0 Å². The number of phenolic OH excluding ortho intramolecular Hbond substituents is 1. The molecule has 0 saturated carbocycles. The van der Waals surface area contributed by atoms with E-state index in [0.29, 0.717) is 17.7 Å². The van der Waals surface area contributed by atoms with Gasteiger partial charge >= 0.3 is 0 Å². The van der Waals surface area contributed by atoms with Crippen molar-refractivity contribution in [3.8, 4) is 17.2 Å². The van der Waals surface area contributed by atoms with Gasteiger partial charge in [0.05, 0.1) is 20.4 Å². The molecule has 0 aliphatic carbocycles. The molecule has 0 heterocycles. The largest absolute Gasteiger partial charge is 0.504 e. The first-order valence-corrected chi connectivity index (χ1v) is 4.40. The predicted octanol–water partition coefficient (Wildman–Crippen LogP) is 0.489. The van der Waals surface area contributed by atoms with Gasteiger partial charge < -0.3 is 14.6 Å². The summed E-state index contributed by atoms with van der Waals surface area (Å²) in [5.41, 5.74) is 2.69. The number of hydrazone groups is 1. The average Bonchev–Trinajstić information content (AvgIpc) is 2.28. The van der Waals surface area contributed by atoms with Crippen molar-refractivity contribution in [1.82, 2.24) is 5.43 Å². The number of aromatic hydroxyl groups is 1. The number of hydrogen-bond acceptors (Lipinski definition) is 5. The second-order valence-corrected chi connectivity index (χ2v) is 2.78. The van der Waals surface area contributed by atoms with Crippen LogP contribution in [0.1, 0.15) is 5.56 Å². The van der Waals surface area contributed by atoms with Gasteiger partial charge in [-0.15, -0.1) is 0 Å². The van der Waals surface area contributed by atoms with Gasteiger partial charge in [0, 0.05) is 5.56 Å². The van der Waals surface area contributed by atoms with Crippen molar-refractivity contribution in [3.05, 3.63) is 17.7 Å². The van der Waals surface area contributed by atoms with Crippen LogP contribution in [0.5, 0.6) is 17.2 Å². The number of amides is 1. The van der Waals surface area contributed by atoms with Crippen LogP contribution in [0.3, 0.4) is 0 Å². The van der Waals surface area contributed by atoms with Gasteiger partial charge in [0.15, 0.2) is 11.5 Å². The summed E-state index contributed by atoms with van der Waals surface area (Å²) in [5, 5.41) is 13.2. The number of ether oxygens (including phenoxy) is 2. The molecule has 0 saturated heterocycles. The van der Waals surface area contributed by atoms with Crippen molar-refractivity contribution in [2.24, 2.45) is 5.10 Å². The van der Waals surface area contributed by atoms with Gasteiger partial charge in [-0.2, -0.15) is 5.10 Å². The fourth-order valence-corrected chi connectivity index (χ4v) is 1.18. The SMILES string of the molecule is COc1cc(/C=N/NC=O)cc(O)c1OC. The minimum Gasteiger partial charge on any atom is -0.504 e. The lowest BCUT2D eigenvalue weighted by Crippen LogP contribution is -2.01. The second kappa shape index (κ2) is 5.59. The number of carbonyl (C=O) groups is 1. The summed E-state index contributed by atoms with van der Waals surface area (Å²) >= 11 is 0. The Morgan fingerprint density at radius 1 is 1.38 bits per heavy atom. The molecule has 6 nitrogen and oxygen atoms in total. The van der Waals surface area contributed by atoms with Crippen molar-refractivity contribution in [2.45, 2.75) is 0 Å². The van der Waals surface area contributed by atoms with Crippen LogP contribution in [0.2, 0.25) is 0 Å². The molecular weight excluding hydrogens is 212 g/mol. The zero-order chi connectivity index (χ0) is 12.0. The lowest BCUT2D eigenvalue weighted by atomic mass is 10.2. The lowest BCUT2D eigenvalue weighted by Gasteiger charge is -2.09. The van der Waals surface area contributed by atoms with Gasteiger partial charge in [-0.25, -0.2) is 5.43 Å². The Bertz CT molecular complexity index is 404. The fourth-order valence-electron chi connectivity index (χ4n) is 1.18. The van der Waals surface area contributed by atoms with Crippen molar-refractivity contribution >= 4 is 12.6 Å². The highest BCUT2D eigenvalue weighted by atomic mass is 16.5. The Labute approximate surface area is 92.5 Å². The molecule has 0 spiro atoms. The van der Waals surface area contributed by atoms with Gasteiger partial charge in [-0.3, -0.25) is 4.79 Å². The number of phenols is 1. The molecule has 0 aromatic heterocycles. The molecule has 1 aromatic rings. The molecule has 0 unspecified atom stereocenters. The van der Waals surface area contributed by atoms with Crippen molar-refractivity contribution in [1.29, 1.82) is 0 Å². The van der Waals surface area contributed by atoms with E-state index in [2.05, 4.69) is 10.5 Å². The Hall–Kier alpha value is -2.24. The summed E-state index contributed by atoms with van der Waals surface area (Å²) in [6.45, 7) is 0. The molecule has 16 heavy (non-hydrogen) atoms. The van der Waals surface area contributed by atoms with Crippen molar-refractivity contribution < 1.29 is 19.4 Å². The quantitative estimate of drug-likeness (QED) is 0.433. The maximum Gasteiger partial charge on any atom is 0.227 e. The van der Waals surface area contributed by atoms with Crippen LogP contribution in [0.15, 0.2) is 17.2 Å². The molecule has 1 aromatic carbocycles. The Morgan fingerprint density at radius 2 is 2.12 bits per heavy atom. The molecule has 6 heteroatoms. The molecule has 0 atom stereocenters. The Morgan fingerprint density at radius 3 is 2.69 bits per heavy atom. The van der Waals surface area contributed by atoms with Crippen LogP contribution in [0.25, 0.3) is 0 Å². The monoisotopic (exact) mass is 224 g/mol. The summed E-state index contributed by atoms with van der Waals surface area (Å²) in [4.78, 5) is 9.97. The molecular formula is C10H12N2O4. The average molecular weight is 224 g/mol. The third-order valence-electron chi connectivity index (χ3n) is 1.82. The van der Waals surface area contributed by atoms with Crippen molar-refractivity contribution in [3.63, 3.8) is 0 Å². The van der Waals surface area contributed by atoms with Gasteiger partial charge in [-0.05, 0) is 12.1 Å². The topological polar surface area (TPSA) is 80.2 Å². The first-order chi connectivity index (χ1) is 7.72. The van der Waals surface area contributed by atoms with Gasteiger partial charge in [0.1, 0.15) is 0 Å². The number of hydrogen-bond donors (Lipinski definition) is 2. The summed E-state index contributed by atoms with van der Waals surface area (Å²) < 4.78 is 9.98. The number of methoxy groups -OCH3 is 2. The third-order valence-corrected chi connectivity index (χ3v) is 1.82. The standard InChI is InChI=1S/C10H12N2O4/c1-15-9-4-7(5-11-12-6-13)3-8(14)10(9)16-2/h3-6,14H,1-2H3,(H,12,13)/b11-5+. The second-order valence-electron chi connectivity index (χ2n) is 2.78. The molecule has 1 rings (SSSR count). The molecule has 2 N–H and O–H groups in total. The minimum atomic E-state index is -0.0607. The molecule has 0 aliphatic rings. The first kappa shape index (κ1) is 11.8. The van der Waals surface area contributed by atoms with Crippen LogP contribution in [-0.2, 0) is 4.79 Å². The van der Waals surface area contributed by atoms with E-state index in [4.69, 9.17) is 9.47 Å². The number of nitrogens with one attached hydrogen (secondary N) is 1. The number of nitrogens with zero attached hydrogens (tertiary/aromatic N) is 1. The fraction of sp³-hybridized carbons (Fsp3) is 0.200. The van der Waals surface area contributed by atoms with E-state index in [9.17, 15) is 9.90 Å². The van der Waals surface area contributed by atoms with E-state index in [0.717, 1.165) is 0 Å². The van der Waals surface area contributed by atoms with E-state index in [1.165, 1.54) is 26.5 Å². The van der Waals surface area contributed by atoms with Crippen molar-refractivity contribution in [2.75, 3.05) is 14.2 Å². The van der Waals surface area contributed by atoms with Gasteiger partial charge in [0.2, 0.25) is 12.2 Å². The Balaban J connectivity index is 3.05. The van der Waals surface area contributed by atoms with E-state index in [-0.39, 0.29) is 11.5 Å². The zero-order valence-corrected chi connectivity index (χ0v) is 8.93. The van der Waals surface area contributed by atoms with E-state index < -0.39 is 0 Å². The molecule has 1 amide bonds. The molecule has 0 radical (unpaired) electrons. The maximum atomic E-state index is 9.97.